The molecule has 1 fully saturated rings. The minimum absolute atomic E-state index is 0.411. The lowest BCUT2D eigenvalue weighted by Gasteiger charge is -2.19. The van der Waals surface area contributed by atoms with Gasteiger partial charge < -0.3 is 5.32 Å². The van der Waals surface area contributed by atoms with Gasteiger partial charge in [0.25, 0.3) is 0 Å². The van der Waals surface area contributed by atoms with Gasteiger partial charge in [0.15, 0.2) is 0 Å². The highest BCUT2D eigenvalue weighted by Gasteiger charge is 2.26. The van der Waals surface area contributed by atoms with Crippen molar-refractivity contribution in [2.75, 3.05) is 11.6 Å². The molecule has 0 aliphatic heterocycles. The molecule has 15 heavy (non-hydrogen) atoms. The Morgan fingerprint density at radius 3 is 3.07 bits per heavy atom. The fourth-order valence-electron chi connectivity index (χ4n) is 1.98. The van der Waals surface area contributed by atoms with Crippen LogP contribution in [0.1, 0.15) is 19.3 Å². The van der Waals surface area contributed by atoms with E-state index in [1.54, 1.807) is 0 Å². The van der Waals surface area contributed by atoms with Gasteiger partial charge in [0.05, 0.1) is 0 Å². The molecular formula is C10H14FN3S. The molecule has 3 nitrogen and oxygen atoms in total. The van der Waals surface area contributed by atoms with Gasteiger partial charge in [-0.2, -0.15) is 16.2 Å². The molecule has 0 bridgehead atoms. The van der Waals surface area contributed by atoms with E-state index in [1.807, 2.05) is 11.8 Å². The summed E-state index contributed by atoms with van der Waals surface area (Å²) in [4.78, 5) is 7.43. The molecule has 1 N–H and O–H groups in total. The molecule has 1 aliphatic carbocycles. The lowest BCUT2D eigenvalue weighted by atomic mass is 10.2. The van der Waals surface area contributed by atoms with E-state index in [0.29, 0.717) is 17.1 Å². The maximum absolute atomic E-state index is 12.8. The van der Waals surface area contributed by atoms with Crippen molar-refractivity contribution in [3.63, 3.8) is 0 Å². The molecule has 0 radical (unpaired) electrons. The van der Waals surface area contributed by atoms with E-state index in [-0.39, 0.29) is 0 Å². The Balaban J connectivity index is 2.02. The van der Waals surface area contributed by atoms with Gasteiger partial charge >= 0.3 is 0 Å². The first kappa shape index (κ1) is 10.7. The van der Waals surface area contributed by atoms with Crippen molar-refractivity contribution in [3.05, 3.63) is 18.3 Å². The zero-order chi connectivity index (χ0) is 10.7. The zero-order valence-electron chi connectivity index (χ0n) is 8.61. The highest BCUT2D eigenvalue weighted by Crippen LogP contribution is 2.30. The Morgan fingerprint density at radius 2 is 2.33 bits per heavy atom. The van der Waals surface area contributed by atoms with Crippen LogP contribution in [0, 0.1) is 5.95 Å². The summed E-state index contributed by atoms with van der Waals surface area (Å²) in [5.74, 6) is 0.111. The summed E-state index contributed by atoms with van der Waals surface area (Å²) < 4.78 is 12.8. The monoisotopic (exact) mass is 227 g/mol. The second kappa shape index (κ2) is 4.79. The van der Waals surface area contributed by atoms with Crippen LogP contribution >= 0.6 is 11.8 Å². The summed E-state index contributed by atoms with van der Waals surface area (Å²) in [5, 5.41) is 3.88. The van der Waals surface area contributed by atoms with Crippen molar-refractivity contribution in [1.29, 1.82) is 0 Å². The number of thioether (sulfide) groups is 1. The average molecular weight is 227 g/mol. The maximum atomic E-state index is 12.8. The minimum atomic E-state index is -0.480. The Labute approximate surface area is 92.9 Å². The third-order valence-electron chi connectivity index (χ3n) is 2.72. The molecule has 1 aromatic heterocycles. The van der Waals surface area contributed by atoms with E-state index >= 15 is 0 Å². The molecular weight excluding hydrogens is 213 g/mol. The van der Waals surface area contributed by atoms with Gasteiger partial charge in [-0.3, -0.25) is 0 Å². The second-order valence-corrected chi connectivity index (χ2v) is 4.76. The van der Waals surface area contributed by atoms with Gasteiger partial charge in [-0.15, -0.1) is 0 Å². The number of rotatable bonds is 3. The lowest BCUT2D eigenvalue weighted by molar-refractivity contribution is 0.579. The second-order valence-electron chi connectivity index (χ2n) is 3.68. The Morgan fingerprint density at radius 1 is 1.47 bits per heavy atom. The Kier molecular flexibility index (Phi) is 3.41. The van der Waals surface area contributed by atoms with Crippen LogP contribution in [0.25, 0.3) is 0 Å². The van der Waals surface area contributed by atoms with E-state index in [9.17, 15) is 4.39 Å². The molecule has 0 spiro atoms. The number of hydrogen-bond acceptors (Lipinski definition) is 4. The van der Waals surface area contributed by atoms with Crippen molar-refractivity contribution < 1.29 is 4.39 Å². The highest BCUT2D eigenvalue weighted by molar-refractivity contribution is 7.99. The van der Waals surface area contributed by atoms with Crippen LogP contribution in [-0.2, 0) is 0 Å². The summed E-state index contributed by atoms with van der Waals surface area (Å²) in [6, 6.07) is 1.75. The van der Waals surface area contributed by atoms with Crippen molar-refractivity contribution >= 4 is 17.6 Å². The average Bonchev–Trinajstić information content (AvgIpc) is 2.65. The maximum Gasteiger partial charge on any atom is 0.217 e. The van der Waals surface area contributed by atoms with Gasteiger partial charge in [-0.05, 0) is 19.1 Å². The van der Waals surface area contributed by atoms with E-state index in [0.717, 1.165) is 6.42 Å². The van der Waals surface area contributed by atoms with Crippen LogP contribution in [0.2, 0.25) is 0 Å². The summed E-state index contributed by atoms with van der Waals surface area (Å²) in [6.07, 6.45) is 6.96. The zero-order valence-corrected chi connectivity index (χ0v) is 9.43. The first-order valence-electron chi connectivity index (χ1n) is 5.06. The Bertz CT molecular complexity index is 334. The number of anilines is 1. The quantitative estimate of drug-likeness (QED) is 0.804. The van der Waals surface area contributed by atoms with Crippen LogP contribution in [-0.4, -0.2) is 27.5 Å². The van der Waals surface area contributed by atoms with Crippen molar-refractivity contribution in [2.24, 2.45) is 0 Å². The largest absolute Gasteiger partial charge is 0.366 e. The fraction of sp³-hybridized carbons (Fsp3) is 0.600. The molecule has 2 unspecified atom stereocenters. The van der Waals surface area contributed by atoms with Crippen LogP contribution in [0.15, 0.2) is 12.4 Å². The van der Waals surface area contributed by atoms with Crippen molar-refractivity contribution in [1.82, 2.24) is 9.97 Å². The number of nitrogens with one attached hydrogen (secondary N) is 1. The summed E-state index contributed by atoms with van der Waals surface area (Å²) >= 11 is 1.86. The van der Waals surface area contributed by atoms with E-state index < -0.39 is 5.95 Å². The molecule has 0 aromatic carbocycles. The summed E-state index contributed by atoms with van der Waals surface area (Å²) in [6.45, 7) is 0. The van der Waals surface area contributed by atoms with E-state index in [2.05, 4.69) is 21.5 Å². The normalized spacial score (nSPS) is 25.5. The molecule has 1 saturated carbocycles. The predicted octanol–water partition coefficient (Wildman–Crippen LogP) is 2.31. The fourth-order valence-corrected chi connectivity index (χ4v) is 2.91. The summed E-state index contributed by atoms with van der Waals surface area (Å²) in [5.41, 5.74) is 0. The van der Waals surface area contributed by atoms with E-state index in [4.69, 9.17) is 0 Å². The van der Waals surface area contributed by atoms with Gasteiger partial charge in [0.2, 0.25) is 5.95 Å². The molecule has 2 atom stereocenters. The van der Waals surface area contributed by atoms with Gasteiger partial charge in [-0.1, -0.05) is 6.42 Å². The molecule has 0 amide bonds. The van der Waals surface area contributed by atoms with Crippen LogP contribution in [0.4, 0.5) is 10.2 Å². The first-order valence-corrected chi connectivity index (χ1v) is 6.35. The van der Waals surface area contributed by atoms with Crippen molar-refractivity contribution in [3.8, 4) is 0 Å². The van der Waals surface area contributed by atoms with Gasteiger partial charge in [0.1, 0.15) is 12.1 Å². The number of halogens is 1. The number of hydrogen-bond donors (Lipinski definition) is 1. The topological polar surface area (TPSA) is 37.8 Å². The molecule has 5 heteroatoms. The Hall–Kier alpha value is -0.840. The third-order valence-corrected chi connectivity index (χ3v) is 3.89. The van der Waals surface area contributed by atoms with E-state index in [1.165, 1.54) is 25.2 Å². The lowest BCUT2D eigenvalue weighted by Crippen LogP contribution is -2.26. The molecule has 2 rings (SSSR count). The highest BCUT2D eigenvalue weighted by atomic mass is 32.2. The number of aromatic nitrogens is 2. The van der Waals surface area contributed by atoms with Crippen LogP contribution in [0.3, 0.4) is 0 Å². The van der Waals surface area contributed by atoms with Gasteiger partial charge in [0, 0.05) is 17.4 Å². The van der Waals surface area contributed by atoms with Crippen molar-refractivity contribution in [2.45, 2.75) is 30.6 Å². The minimum Gasteiger partial charge on any atom is -0.366 e. The standard InChI is InChI=1S/C10H14FN3S/c1-15-8-4-2-3-7(8)14-10-5-9(11)12-6-13-10/h5-8H,2-4H2,1H3,(H,12,13,14). The third kappa shape index (κ3) is 2.59. The molecule has 0 saturated heterocycles. The molecule has 1 aliphatic rings. The molecule has 1 aromatic rings. The smallest absolute Gasteiger partial charge is 0.217 e. The summed E-state index contributed by atoms with van der Waals surface area (Å²) in [7, 11) is 0. The SMILES string of the molecule is CSC1CCCC1Nc1cc(F)ncn1. The predicted molar refractivity (Wildman–Crippen MR) is 60.6 cm³/mol. The van der Waals surface area contributed by atoms with Crippen LogP contribution in [0.5, 0.6) is 0 Å². The van der Waals surface area contributed by atoms with Crippen LogP contribution < -0.4 is 5.32 Å². The first-order chi connectivity index (χ1) is 7.29. The molecule has 82 valence electrons. The van der Waals surface area contributed by atoms with Gasteiger partial charge in [-0.25, -0.2) is 9.97 Å². The molecule has 1 heterocycles. The number of nitrogens with zero attached hydrogens (tertiary/aromatic N) is 2.